The van der Waals surface area contributed by atoms with Crippen molar-refractivity contribution < 1.29 is 27.2 Å². The van der Waals surface area contributed by atoms with Gasteiger partial charge in [0.1, 0.15) is 0 Å². The van der Waals surface area contributed by atoms with Crippen LogP contribution >= 0.6 is 0 Å². The molecule has 1 N–H and O–H groups in total. The Morgan fingerprint density at radius 3 is 2.36 bits per heavy atom. The first-order valence-corrected chi connectivity index (χ1v) is 9.77. The van der Waals surface area contributed by atoms with E-state index >= 15 is 0 Å². The van der Waals surface area contributed by atoms with Gasteiger partial charge in [0.25, 0.3) is 10.1 Å². The molecular formula is C15H26O6S. The van der Waals surface area contributed by atoms with Crippen molar-refractivity contribution in [2.24, 2.45) is 11.3 Å². The standard InChI is InChI=1S/C15H26O6S/c1-13-6-7-15(19-8-9-20-15)10-11(13)14(2,16)5-4-12(13)21-22(3,17)18/h11-12,16H,4-10H2,1-3H3/t11-,12-,13-,14-/m1/s1. The Kier molecular flexibility index (Phi) is 3.89. The van der Waals surface area contributed by atoms with E-state index in [2.05, 4.69) is 0 Å². The first-order chi connectivity index (χ1) is 10.1. The third-order valence-electron chi connectivity index (χ3n) is 5.86. The van der Waals surface area contributed by atoms with Crippen LogP contribution in [0.5, 0.6) is 0 Å². The van der Waals surface area contributed by atoms with Crippen LogP contribution in [0.1, 0.15) is 46.0 Å². The van der Waals surface area contributed by atoms with Gasteiger partial charge in [-0.2, -0.15) is 8.42 Å². The average molecular weight is 334 g/mol. The molecule has 2 aliphatic carbocycles. The van der Waals surface area contributed by atoms with E-state index in [-0.39, 0.29) is 5.92 Å². The van der Waals surface area contributed by atoms with Gasteiger partial charge in [0.05, 0.1) is 31.2 Å². The van der Waals surface area contributed by atoms with Crippen LogP contribution in [0.15, 0.2) is 0 Å². The highest BCUT2D eigenvalue weighted by atomic mass is 32.2. The number of rotatable bonds is 2. The van der Waals surface area contributed by atoms with Crippen LogP contribution in [0.25, 0.3) is 0 Å². The van der Waals surface area contributed by atoms with Gasteiger partial charge in [0.2, 0.25) is 0 Å². The third kappa shape index (κ3) is 2.82. The molecule has 0 aromatic heterocycles. The van der Waals surface area contributed by atoms with Crippen molar-refractivity contribution in [3.05, 3.63) is 0 Å². The molecule has 1 spiro atoms. The van der Waals surface area contributed by atoms with Gasteiger partial charge in [0, 0.05) is 24.2 Å². The van der Waals surface area contributed by atoms with Crippen LogP contribution in [0, 0.1) is 11.3 Å². The second kappa shape index (κ2) is 5.14. The minimum atomic E-state index is -3.52. The number of ether oxygens (including phenoxy) is 2. The second-order valence-electron chi connectivity index (χ2n) is 7.55. The molecule has 6 nitrogen and oxygen atoms in total. The Hall–Kier alpha value is -0.210. The molecule has 22 heavy (non-hydrogen) atoms. The molecule has 128 valence electrons. The molecule has 1 heterocycles. The lowest BCUT2D eigenvalue weighted by atomic mass is 9.53. The SMILES string of the molecule is C[C@@]12CCC3(C[C@H]1[C@](C)(O)CC[C@H]2OS(C)(=O)=O)OCCO3. The highest BCUT2D eigenvalue weighted by Gasteiger charge is 2.61. The normalized spacial score (nSPS) is 44.9. The molecule has 0 unspecified atom stereocenters. The largest absolute Gasteiger partial charge is 0.390 e. The molecule has 0 aromatic carbocycles. The van der Waals surface area contributed by atoms with E-state index in [1.165, 1.54) is 0 Å². The lowest BCUT2D eigenvalue weighted by molar-refractivity contribution is -0.253. The van der Waals surface area contributed by atoms with Crippen LogP contribution in [0.3, 0.4) is 0 Å². The molecule has 7 heteroatoms. The molecule has 0 aromatic rings. The quantitative estimate of drug-likeness (QED) is 0.769. The van der Waals surface area contributed by atoms with Crippen LogP contribution in [0.4, 0.5) is 0 Å². The van der Waals surface area contributed by atoms with Gasteiger partial charge in [-0.05, 0) is 26.2 Å². The zero-order chi connectivity index (χ0) is 16.2. The topological polar surface area (TPSA) is 82.1 Å². The van der Waals surface area contributed by atoms with E-state index in [4.69, 9.17) is 13.7 Å². The van der Waals surface area contributed by atoms with E-state index < -0.39 is 33.0 Å². The zero-order valence-electron chi connectivity index (χ0n) is 13.5. The maximum atomic E-state index is 11.6. The van der Waals surface area contributed by atoms with E-state index in [9.17, 15) is 13.5 Å². The van der Waals surface area contributed by atoms with Crippen molar-refractivity contribution in [3.8, 4) is 0 Å². The van der Waals surface area contributed by atoms with E-state index in [0.717, 1.165) is 6.26 Å². The number of hydrogen-bond acceptors (Lipinski definition) is 6. The minimum Gasteiger partial charge on any atom is -0.390 e. The van der Waals surface area contributed by atoms with Crippen molar-refractivity contribution in [3.63, 3.8) is 0 Å². The molecule has 3 rings (SSSR count). The molecule has 1 aliphatic heterocycles. The Bertz CT molecular complexity index is 536. The van der Waals surface area contributed by atoms with Crippen LogP contribution in [-0.4, -0.2) is 50.5 Å². The second-order valence-corrected chi connectivity index (χ2v) is 9.16. The fourth-order valence-corrected chi connectivity index (χ4v) is 5.39. The predicted octanol–water partition coefficient (Wildman–Crippen LogP) is 1.43. The molecule has 3 fully saturated rings. The molecular weight excluding hydrogens is 308 g/mol. The summed E-state index contributed by atoms with van der Waals surface area (Å²) >= 11 is 0. The summed E-state index contributed by atoms with van der Waals surface area (Å²) < 4.78 is 40.2. The summed E-state index contributed by atoms with van der Waals surface area (Å²) in [4.78, 5) is 0. The molecule has 0 amide bonds. The maximum Gasteiger partial charge on any atom is 0.264 e. The Balaban J connectivity index is 1.90. The minimum absolute atomic E-state index is 0.118. The van der Waals surface area contributed by atoms with Crippen LogP contribution in [-0.2, 0) is 23.8 Å². The summed E-state index contributed by atoms with van der Waals surface area (Å²) in [5.74, 6) is -0.728. The van der Waals surface area contributed by atoms with Gasteiger partial charge in [-0.1, -0.05) is 6.92 Å². The first-order valence-electron chi connectivity index (χ1n) is 7.95. The van der Waals surface area contributed by atoms with Crippen molar-refractivity contribution in [2.75, 3.05) is 19.5 Å². The fourth-order valence-electron chi connectivity index (χ4n) is 4.65. The third-order valence-corrected chi connectivity index (χ3v) is 6.44. The molecule has 2 saturated carbocycles. The van der Waals surface area contributed by atoms with E-state index in [1.807, 2.05) is 13.8 Å². The van der Waals surface area contributed by atoms with E-state index in [1.54, 1.807) is 0 Å². The van der Waals surface area contributed by atoms with Gasteiger partial charge in [-0.15, -0.1) is 0 Å². The van der Waals surface area contributed by atoms with Gasteiger partial charge in [-0.25, -0.2) is 0 Å². The molecule has 1 saturated heterocycles. The van der Waals surface area contributed by atoms with Crippen LogP contribution in [0.2, 0.25) is 0 Å². The molecule has 0 bridgehead atoms. The molecule has 0 radical (unpaired) electrons. The summed E-state index contributed by atoms with van der Waals surface area (Å²) in [5, 5.41) is 10.9. The lowest BCUT2D eigenvalue weighted by Crippen LogP contribution is -2.61. The van der Waals surface area contributed by atoms with Gasteiger partial charge in [-0.3, -0.25) is 4.18 Å². The Morgan fingerprint density at radius 1 is 1.14 bits per heavy atom. The molecule has 4 atom stereocenters. The summed E-state index contributed by atoms with van der Waals surface area (Å²) in [6.07, 6.45) is 3.76. The monoisotopic (exact) mass is 334 g/mol. The van der Waals surface area contributed by atoms with Gasteiger partial charge in [0.15, 0.2) is 5.79 Å². The summed E-state index contributed by atoms with van der Waals surface area (Å²) in [7, 11) is -3.52. The first kappa shape index (κ1) is 16.6. The van der Waals surface area contributed by atoms with E-state index in [0.29, 0.717) is 45.3 Å². The highest BCUT2D eigenvalue weighted by molar-refractivity contribution is 7.86. The van der Waals surface area contributed by atoms with Crippen LogP contribution < -0.4 is 0 Å². The number of hydrogen-bond donors (Lipinski definition) is 1. The number of aliphatic hydroxyl groups is 1. The lowest BCUT2D eigenvalue weighted by Gasteiger charge is -2.58. The molecule has 3 aliphatic rings. The van der Waals surface area contributed by atoms with Gasteiger partial charge < -0.3 is 14.6 Å². The smallest absolute Gasteiger partial charge is 0.264 e. The fraction of sp³-hybridized carbons (Fsp3) is 1.00. The maximum absolute atomic E-state index is 11.6. The highest BCUT2D eigenvalue weighted by Crippen LogP contribution is 2.58. The van der Waals surface area contributed by atoms with Crippen molar-refractivity contribution in [1.82, 2.24) is 0 Å². The number of fused-ring (bicyclic) bond motifs is 1. The van der Waals surface area contributed by atoms with Gasteiger partial charge >= 0.3 is 0 Å². The zero-order valence-corrected chi connectivity index (χ0v) is 14.3. The van der Waals surface area contributed by atoms with Crippen molar-refractivity contribution >= 4 is 10.1 Å². The Morgan fingerprint density at radius 2 is 1.77 bits per heavy atom. The summed E-state index contributed by atoms with van der Waals surface area (Å²) in [6.45, 7) is 5.02. The predicted molar refractivity (Wildman–Crippen MR) is 79.7 cm³/mol. The van der Waals surface area contributed by atoms with Crippen molar-refractivity contribution in [1.29, 1.82) is 0 Å². The summed E-state index contributed by atoms with van der Waals surface area (Å²) in [5.41, 5.74) is -1.26. The van der Waals surface area contributed by atoms with Crippen molar-refractivity contribution in [2.45, 2.75) is 63.4 Å². The Labute approximate surface area is 132 Å². The summed E-state index contributed by atoms with van der Waals surface area (Å²) in [6, 6.07) is 0. The average Bonchev–Trinajstić information content (AvgIpc) is 2.84.